The minimum Gasteiger partial charge on any atom is -0.411 e. The van der Waals surface area contributed by atoms with E-state index in [9.17, 15) is 10.3 Å². The zero-order chi connectivity index (χ0) is 22.1. The fourth-order valence-electron chi connectivity index (χ4n) is 8.31. The lowest BCUT2D eigenvalue weighted by Gasteiger charge is -2.57. The smallest absolute Gasteiger partial charge is 0.0632 e. The van der Waals surface area contributed by atoms with E-state index in [2.05, 4.69) is 39.8 Å². The van der Waals surface area contributed by atoms with Crippen LogP contribution in [0.4, 0.5) is 0 Å². The second-order valence-electron chi connectivity index (χ2n) is 12.3. The lowest BCUT2D eigenvalue weighted by atomic mass is 9.47. The van der Waals surface area contributed by atoms with Gasteiger partial charge in [0.1, 0.15) is 0 Å². The largest absolute Gasteiger partial charge is 0.411 e. The van der Waals surface area contributed by atoms with E-state index >= 15 is 0 Å². The number of hydrogen-bond acceptors (Lipinski definition) is 3. The maximum Gasteiger partial charge on any atom is 0.0632 e. The van der Waals surface area contributed by atoms with Crippen molar-refractivity contribution >= 4 is 5.71 Å². The van der Waals surface area contributed by atoms with Gasteiger partial charge in [0.25, 0.3) is 0 Å². The number of oxime groups is 1. The van der Waals surface area contributed by atoms with Crippen LogP contribution >= 0.6 is 0 Å². The fourth-order valence-corrected chi connectivity index (χ4v) is 8.31. The van der Waals surface area contributed by atoms with E-state index in [1.165, 1.54) is 51.4 Å². The van der Waals surface area contributed by atoms with Crippen LogP contribution in [-0.2, 0) is 0 Å². The summed E-state index contributed by atoms with van der Waals surface area (Å²) in [6.07, 6.45) is 13.2. The molecule has 0 spiro atoms. The van der Waals surface area contributed by atoms with E-state index in [1.807, 2.05) is 6.92 Å². The summed E-state index contributed by atoms with van der Waals surface area (Å²) in [7, 11) is 0. The van der Waals surface area contributed by atoms with Crippen LogP contribution < -0.4 is 0 Å². The summed E-state index contributed by atoms with van der Waals surface area (Å²) in [6, 6.07) is 0. The number of aliphatic hydroxyl groups excluding tert-OH is 1. The van der Waals surface area contributed by atoms with Crippen molar-refractivity contribution in [3.8, 4) is 0 Å². The predicted octanol–water partition coefficient (Wildman–Crippen LogP) is 7.30. The number of rotatable bonds is 8. The maximum atomic E-state index is 9.94. The number of nitrogens with zero attached hydrogens (tertiary/aromatic N) is 1. The molecule has 3 saturated carbocycles. The third-order valence-electron chi connectivity index (χ3n) is 10.0. The van der Waals surface area contributed by atoms with Crippen molar-refractivity contribution in [2.24, 2.45) is 51.5 Å². The molecule has 3 heteroatoms. The van der Waals surface area contributed by atoms with Crippen molar-refractivity contribution in [3.63, 3.8) is 0 Å². The van der Waals surface area contributed by atoms with Gasteiger partial charge in [0, 0.05) is 5.41 Å². The molecule has 0 aliphatic heterocycles. The minimum atomic E-state index is -0.279. The second-order valence-corrected chi connectivity index (χ2v) is 12.3. The van der Waals surface area contributed by atoms with E-state index in [1.54, 1.807) is 0 Å². The molecule has 0 saturated heterocycles. The molecule has 30 heavy (non-hydrogen) atoms. The molecule has 0 heterocycles. The van der Waals surface area contributed by atoms with Crippen LogP contribution in [0.5, 0.6) is 0 Å². The molecule has 0 aromatic heterocycles. The lowest BCUT2D eigenvalue weighted by molar-refractivity contribution is -0.0469. The number of fused-ring (bicyclic) bond motifs is 3. The quantitative estimate of drug-likeness (QED) is 0.320. The molecule has 3 rings (SSSR count). The van der Waals surface area contributed by atoms with Crippen LogP contribution in [0.1, 0.15) is 112 Å². The molecule has 0 aromatic rings. The average molecular weight is 420 g/mol. The number of aliphatic hydroxyl groups is 1. The van der Waals surface area contributed by atoms with E-state index in [-0.39, 0.29) is 11.5 Å². The summed E-state index contributed by atoms with van der Waals surface area (Å²) in [6.45, 7) is 14.1. The highest BCUT2D eigenvalue weighted by atomic mass is 16.4. The van der Waals surface area contributed by atoms with Crippen molar-refractivity contribution < 1.29 is 10.3 Å². The molecule has 0 amide bonds. The van der Waals surface area contributed by atoms with Gasteiger partial charge in [0.05, 0.1) is 11.8 Å². The Morgan fingerprint density at radius 2 is 1.70 bits per heavy atom. The van der Waals surface area contributed by atoms with Gasteiger partial charge in [0.15, 0.2) is 0 Å². The first-order valence-electron chi connectivity index (χ1n) is 13.0. The van der Waals surface area contributed by atoms with E-state index in [0.717, 1.165) is 54.6 Å². The topological polar surface area (TPSA) is 52.8 Å². The van der Waals surface area contributed by atoms with Crippen LogP contribution in [0.2, 0.25) is 0 Å². The standard InChI is InChI=1S/C27H49NO2/c1-18(2)8-7-9-19(3)22-11-12-23-21-10-13-25(28-30)27(6,16-14-20(4)29)24(21)15-17-26(22,23)5/h18-24,29-30H,7-17H2,1-6H3/b28-25+/t19-,20?,21+,22-,23+,24+,26-,27-/m1/s1. The predicted molar refractivity (Wildman–Crippen MR) is 126 cm³/mol. The molecule has 3 aliphatic carbocycles. The van der Waals surface area contributed by atoms with Gasteiger partial charge in [-0.15, -0.1) is 0 Å². The third kappa shape index (κ3) is 4.48. The van der Waals surface area contributed by atoms with Gasteiger partial charge >= 0.3 is 0 Å². The first kappa shape index (κ1) is 24.1. The summed E-state index contributed by atoms with van der Waals surface area (Å²) >= 11 is 0. The highest BCUT2D eigenvalue weighted by Gasteiger charge is 2.59. The Labute approximate surface area is 186 Å². The molecule has 2 N–H and O–H groups in total. The fraction of sp³-hybridized carbons (Fsp3) is 0.963. The van der Waals surface area contributed by atoms with E-state index in [4.69, 9.17) is 0 Å². The SMILES string of the molecule is CC(C)CCC[C@@H](C)[C@H]1CC[C@H]2[C@@H]3CC/C(=N\O)[C@](C)(CCC(C)O)[C@H]3CC[C@]12C. The van der Waals surface area contributed by atoms with Gasteiger partial charge < -0.3 is 10.3 Å². The van der Waals surface area contributed by atoms with Crippen molar-refractivity contribution in [2.45, 2.75) is 118 Å². The Balaban J connectivity index is 1.75. The molecule has 3 nitrogen and oxygen atoms in total. The number of hydrogen-bond donors (Lipinski definition) is 2. The van der Waals surface area contributed by atoms with Gasteiger partial charge in [-0.3, -0.25) is 0 Å². The monoisotopic (exact) mass is 419 g/mol. The van der Waals surface area contributed by atoms with Crippen molar-refractivity contribution in [2.75, 3.05) is 0 Å². The van der Waals surface area contributed by atoms with Crippen LogP contribution in [-0.4, -0.2) is 22.1 Å². The normalized spacial score (nSPS) is 42.2. The molecule has 3 fully saturated rings. The van der Waals surface area contributed by atoms with Crippen molar-refractivity contribution in [1.29, 1.82) is 0 Å². The molecule has 174 valence electrons. The lowest BCUT2D eigenvalue weighted by Crippen LogP contribution is -2.52. The maximum absolute atomic E-state index is 9.94. The van der Waals surface area contributed by atoms with Gasteiger partial charge in [-0.05, 0) is 99.2 Å². The Hall–Kier alpha value is -0.570. The van der Waals surface area contributed by atoms with Gasteiger partial charge in [-0.25, -0.2) is 0 Å². The highest BCUT2D eigenvalue weighted by Crippen LogP contribution is 2.66. The molecule has 0 radical (unpaired) electrons. The molecule has 3 aliphatic rings. The summed E-state index contributed by atoms with van der Waals surface area (Å²) in [5, 5.41) is 23.5. The molecular weight excluding hydrogens is 370 g/mol. The van der Waals surface area contributed by atoms with Crippen LogP contribution in [0.3, 0.4) is 0 Å². The first-order chi connectivity index (χ1) is 14.1. The molecule has 0 aromatic carbocycles. The Morgan fingerprint density at radius 3 is 2.33 bits per heavy atom. The second kappa shape index (κ2) is 9.51. The van der Waals surface area contributed by atoms with Crippen LogP contribution in [0, 0.1) is 46.3 Å². The van der Waals surface area contributed by atoms with Crippen molar-refractivity contribution in [1.82, 2.24) is 0 Å². The summed E-state index contributed by atoms with van der Waals surface area (Å²) in [5.74, 6) is 4.76. The third-order valence-corrected chi connectivity index (χ3v) is 10.0. The van der Waals surface area contributed by atoms with Crippen molar-refractivity contribution in [3.05, 3.63) is 0 Å². The Kier molecular flexibility index (Phi) is 7.63. The molecule has 8 atom stereocenters. The molecule has 0 bridgehead atoms. The summed E-state index contributed by atoms with van der Waals surface area (Å²) in [4.78, 5) is 0. The van der Waals surface area contributed by atoms with Crippen LogP contribution in [0.15, 0.2) is 5.16 Å². The van der Waals surface area contributed by atoms with E-state index < -0.39 is 0 Å². The molecular formula is C27H49NO2. The summed E-state index contributed by atoms with van der Waals surface area (Å²) in [5.41, 5.74) is 1.46. The first-order valence-corrected chi connectivity index (χ1v) is 13.0. The van der Waals surface area contributed by atoms with Gasteiger partial charge in [-0.1, -0.05) is 59.0 Å². The zero-order valence-corrected chi connectivity index (χ0v) is 20.7. The average Bonchev–Trinajstić information content (AvgIpc) is 3.04. The van der Waals surface area contributed by atoms with Gasteiger partial charge in [-0.2, -0.15) is 0 Å². The zero-order valence-electron chi connectivity index (χ0n) is 20.7. The van der Waals surface area contributed by atoms with Crippen LogP contribution in [0.25, 0.3) is 0 Å². The Bertz CT molecular complexity index is 600. The minimum absolute atomic E-state index is 0.0447. The van der Waals surface area contributed by atoms with E-state index in [0.29, 0.717) is 11.3 Å². The summed E-state index contributed by atoms with van der Waals surface area (Å²) < 4.78 is 0. The highest BCUT2D eigenvalue weighted by molar-refractivity contribution is 5.90. The molecule has 1 unspecified atom stereocenters. The van der Waals surface area contributed by atoms with Gasteiger partial charge in [0.2, 0.25) is 0 Å². The Morgan fingerprint density at radius 1 is 0.967 bits per heavy atom.